The third-order valence-electron chi connectivity index (χ3n) is 2.55. The highest BCUT2D eigenvalue weighted by Crippen LogP contribution is 2.25. The maximum absolute atomic E-state index is 10.5. The minimum atomic E-state index is 0.704. The van der Waals surface area contributed by atoms with Crippen molar-refractivity contribution in [2.45, 2.75) is 6.92 Å². The molecule has 80 valence electrons. The van der Waals surface area contributed by atoms with Crippen LogP contribution in [0.2, 0.25) is 0 Å². The van der Waals surface area contributed by atoms with Crippen LogP contribution >= 0.6 is 15.9 Å². The van der Waals surface area contributed by atoms with Gasteiger partial charge in [0.15, 0.2) is 0 Å². The van der Waals surface area contributed by atoms with Crippen LogP contribution in [0.1, 0.15) is 15.9 Å². The van der Waals surface area contributed by atoms with Crippen molar-refractivity contribution >= 4 is 22.2 Å². The summed E-state index contributed by atoms with van der Waals surface area (Å²) in [5.41, 5.74) is 4.18. The van der Waals surface area contributed by atoms with Crippen LogP contribution in [0.25, 0.3) is 11.1 Å². The molecule has 0 saturated carbocycles. The number of carbonyl (C=O) groups is 1. The van der Waals surface area contributed by atoms with Crippen molar-refractivity contribution in [3.05, 3.63) is 58.1 Å². The minimum absolute atomic E-state index is 0.704. The summed E-state index contributed by atoms with van der Waals surface area (Å²) in [4.78, 5) is 10.5. The number of hydrogen-bond acceptors (Lipinski definition) is 1. The molecule has 0 saturated heterocycles. The highest BCUT2D eigenvalue weighted by Gasteiger charge is 2.00. The average Bonchev–Trinajstić information content (AvgIpc) is 2.33. The number of carbonyl (C=O) groups excluding carboxylic acids is 1. The van der Waals surface area contributed by atoms with Gasteiger partial charge in [0.05, 0.1) is 0 Å². The first-order chi connectivity index (χ1) is 7.70. The predicted molar refractivity (Wildman–Crippen MR) is 69.7 cm³/mol. The van der Waals surface area contributed by atoms with Gasteiger partial charge in [-0.05, 0) is 29.7 Å². The molecule has 0 aliphatic heterocycles. The van der Waals surface area contributed by atoms with Gasteiger partial charge < -0.3 is 0 Å². The van der Waals surface area contributed by atoms with Gasteiger partial charge >= 0.3 is 0 Å². The largest absolute Gasteiger partial charge is 0.298 e. The van der Waals surface area contributed by atoms with E-state index in [0.29, 0.717) is 5.56 Å². The molecule has 0 radical (unpaired) electrons. The fourth-order valence-corrected chi connectivity index (χ4v) is 1.91. The maximum atomic E-state index is 10.5. The molecule has 2 rings (SSSR count). The Labute approximate surface area is 103 Å². The zero-order valence-corrected chi connectivity index (χ0v) is 10.5. The molecule has 1 nitrogen and oxygen atoms in total. The van der Waals surface area contributed by atoms with Gasteiger partial charge in [-0.2, -0.15) is 0 Å². The third-order valence-corrected chi connectivity index (χ3v) is 3.41. The van der Waals surface area contributed by atoms with Gasteiger partial charge in [0.1, 0.15) is 6.29 Å². The van der Waals surface area contributed by atoms with E-state index in [-0.39, 0.29) is 0 Å². The second-order valence-electron chi connectivity index (χ2n) is 3.70. The highest BCUT2D eigenvalue weighted by atomic mass is 79.9. The van der Waals surface area contributed by atoms with Crippen LogP contribution < -0.4 is 0 Å². The van der Waals surface area contributed by atoms with E-state index in [0.717, 1.165) is 21.9 Å². The summed E-state index contributed by atoms with van der Waals surface area (Å²) >= 11 is 3.52. The Balaban J connectivity index is 2.42. The number of aldehydes is 1. The van der Waals surface area contributed by atoms with Gasteiger partial charge in [0, 0.05) is 10.0 Å². The van der Waals surface area contributed by atoms with Gasteiger partial charge in [-0.15, -0.1) is 0 Å². The van der Waals surface area contributed by atoms with Crippen LogP contribution in [-0.2, 0) is 0 Å². The normalized spacial score (nSPS) is 10.1. The second-order valence-corrected chi connectivity index (χ2v) is 4.56. The van der Waals surface area contributed by atoms with Gasteiger partial charge in [0.25, 0.3) is 0 Å². The number of hydrogen-bond donors (Lipinski definition) is 0. The number of halogens is 1. The number of benzene rings is 2. The lowest BCUT2D eigenvalue weighted by molar-refractivity contribution is 0.112. The molecule has 0 amide bonds. The molecule has 2 aromatic rings. The van der Waals surface area contributed by atoms with Crippen LogP contribution in [0, 0.1) is 6.92 Å². The van der Waals surface area contributed by atoms with Gasteiger partial charge in [0.2, 0.25) is 0 Å². The van der Waals surface area contributed by atoms with Gasteiger partial charge in [-0.25, -0.2) is 0 Å². The molecular weight excluding hydrogens is 264 g/mol. The minimum Gasteiger partial charge on any atom is -0.298 e. The smallest absolute Gasteiger partial charge is 0.150 e. The Morgan fingerprint density at radius 1 is 1.00 bits per heavy atom. The molecule has 2 heteroatoms. The molecule has 16 heavy (non-hydrogen) atoms. The van der Waals surface area contributed by atoms with Crippen LogP contribution in [0.3, 0.4) is 0 Å². The fraction of sp³-hybridized carbons (Fsp3) is 0.0714. The molecule has 0 aliphatic rings. The van der Waals surface area contributed by atoms with Crippen molar-refractivity contribution in [3.8, 4) is 11.1 Å². The molecule has 0 aliphatic carbocycles. The Bertz CT molecular complexity index is 515. The summed E-state index contributed by atoms with van der Waals surface area (Å²) in [5.74, 6) is 0. The molecule has 0 bridgehead atoms. The van der Waals surface area contributed by atoms with Crippen molar-refractivity contribution in [3.63, 3.8) is 0 Å². The van der Waals surface area contributed by atoms with Crippen molar-refractivity contribution in [2.24, 2.45) is 0 Å². The highest BCUT2D eigenvalue weighted by molar-refractivity contribution is 9.10. The monoisotopic (exact) mass is 274 g/mol. The van der Waals surface area contributed by atoms with Gasteiger partial charge in [-0.1, -0.05) is 52.3 Å². The quantitative estimate of drug-likeness (QED) is 0.749. The van der Waals surface area contributed by atoms with Crippen molar-refractivity contribution in [1.82, 2.24) is 0 Å². The zero-order chi connectivity index (χ0) is 11.5. The van der Waals surface area contributed by atoms with E-state index in [1.807, 2.05) is 24.3 Å². The summed E-state index contributed by atoms with van der Waals surface area (Å²) in [6, 6.07) is 13.8. The van der Waals surface area contributed by atoms with E-state index in [4.69, 9.17) is 0 Å². The first-order valence-corrected chi connectivity index (χ1v) is 5.82. The Morgan fingerprint density at radius 3 is 2.19 bits per heavy atom. The van der Waals surface area contributed by atoms with Crippen molar-refractivity contribution in [1.29, 1.82) is 0 Å². The number of aryl methyl sites for hydroxylation is 1. The molecule has 0 aromatic heterocycles. The topological polar surface area (TPSA) is 17.1 Å². The van der Waals surface area contributed by atoms with Crippen LogP contribution in [0.5, 0.6) is 0 Å². The molecule has 0 atom stereocenters. The summed E-state index contributed by atoms with van der Waals surface area (Å²) < 4.78 is 1.10. The Kier molecular flexibility index (Phi) is 3.20. The zero-order valence-electron chi connectivity index (χ0n) is 8.91. The van der Waals surface area contributed by atoms with E-state index in [2.05, 4.69) is 41.1 Å². The van der Waals surface area contributed by atoms with E-state index in [1.54, 1.807) is 0 Å². The predicted octanol–water partition coefficient (Wildman–Crippen LogP) is 4.24. The molecule has 2 aromatic carbocycles. The van der Waals surface area contributed by atoms with Crippen LogP contribution in [-0.4, -0.2) is 6.29 Å². The molecule has 0 N–H and O–H groups in total. The first-order valence-electron chi connectivity index (χ1n) is 5.02. The lowest BCUT2D eigenvalue weighted by Gasteiger charge is -2.04. The molecule has 0 heterocycles. The summed E-state index contributed by atoms with van der Waals surface area (Å²) in [5, 5.41) is 0. The SMILES string of the molecule is Cc1ccc(-c2ccc(C=O)cc2)cc1Br. The molecule has 0 spiro atoms. The lowest BCUT2D eigenvalue weighted by Crippen LogP contribution is -1.82. The van der Waals surface area contributed by atoms with E-state index in [1.165, 1.54) is 5.56 Å². The first kappa shape index (κ1) is 11.1. The van der Waals surface area contributed by atoms with E-state index in [9.17, 15) is 4.79 Å². The summed E-state index contributed by atoms with van der Waals surface area (Å²) in [7, 11) is 0. The summed E-state index contributed by atoms with van der Waals surface area (Å²) in [6.45, 7) is 2.06. The Hall–Kier alpha value is -1.41. The second kappa shape index (κ2) is 4.62. The standard InChI is InChI=1S/C14H11BrO/c1-10-2-5-13(8-14(10)15)12-6-3-11(9-16)4-7-12/h2-9H,1H3. The molecular formula is C14H11BrO. The average molecular weight is 275 g/mol. The third kappa shape index (κ3) is 2.22. The molecule has 0 unspecified atom stereocenters. The van der Waals surface area contributed by atoms with E-state index < -0.39 is 0 Å². The number of rotatable bonds is 2. The fourth-order valence-electron chi connectivity index (χ4n) is 1.53. The van der Waals surface area contributed by atoms with Gasteiger partial charge in [-0.3, -0.25) is 4.79 Å². The summed E-state index contributed by atoms with van der Waals surface area (Å²) in [6.07, 6.45) is 0.856. The van der Waals surface area contributed by atoms with Crippen molar-refractivity contribution < 1.29 is 4.79 Å². The maximum Gasteiger partial charge on any atom is 0.150 e. The van der Waals surface area contributed by atoms with Crippen LogP contribution in [0.15, 0.2) is 46.9 Å². The Morgan fingerprint density at radius 2 is 1.62 bits per heavy atom. The lowest BCUT2D eigenvalue weighted by atomic mass is 10.0. The van der Waals surface area contributed by atoms with Crippen LogP contribution in [0.4, 0.5) is 0 Å². The van der Waals surface area contributed by atoms with Crippen molar-refractivity contribution in [2.75, 3.05) is 0 Å². The van der Waals surface area contributed by atoms with E-state index >= 15 is 0 Å². The molecule has 0 fully saturated rings.